The van der Waals surface area contributed by atoms with Crippen molar-refractivity contribution >= 4 is 50.1 Å². The monoisotopic (exact) mass is 727 g/mol. The van der Waals surface area contributed by atoms with E-state index in [1.807, 2.05) is 44.2 Å². The number of halogens is 2. The average Bonchev–Trinajstić information content (AvgIpc) is 3.02. The van der Waals surface area contributed by atoms with E-state index in [0.29, 0.717) is 17.8 Å². The second-order valence-electron chi connectivity index (χ2n) is 10.8. The quantitative estimate of drug-likeness (QED) is 0.170. The number of nitrogens with zero attached hydrogens (tertiary/aromatic N) is 2. The van der Waals surface area contributed by atoms with Crippen LogP contribution in [-0.2, 0) is 32.6 Å². The van der Waals surface area contributed by atoms with Gasteiger partial charge in [0.05, 0.1) is 10.6 Å². The van der Waals surface area contributed by atoms with Crippen molar-refractivity contribution in [1.82, 2.24) is 10.2 Å². The molecule has 0 aromatic heterocycles. The minimum atomic E-state index is -4.17. The molecule has 0 fully saturated rings. The van der Waals surface area contributed by atoms with Crippen molar-refractivity contribution in [3.63, 3.8) is 0 Å². The molecule has 7 nitrogen and oxygen atoms in total. The molecule has 0 spiro atoms. The van der Waals surface area contributed by atoms with Crippen molar-refractivity contribution in [2.45, 2.75) is 37.8 Å². The maximum Gasteiger partial charge on any atom is 0.264 e. The first-order valence-corrected chi connectivity index (χ1v) is 16.8. The van der Waals surface area contributed by atoms with Gasteiger partial charge >= 0.3 is 0 Å². The van der Waals surface area contributed by atoms with Gasteiger partial charge < -0.3 is 10.2 Å². The molecule has 4 aromatic rings. The molecule has 0 unspecified atom stereocenters. The Labute approximate surface area is 272 Å². The van der Waals surface area contributed by atoms with Gasteiger partial charge in [-0.1, -0.05) is 74.5 Å². The van der Waals surface area contributed by atoms with E-state index in [-0.39, 0.29) is 29.7 Å². The van der Waals surface area contributed by atoms with Crippen LogP contribution in [0.25, 0.3) is 0 Å². The van der Waals surface area contributed by atoms with Crippen LogP contribution in [0.4, 0.5) is 10.1 Å². The van der Waals surface area contributed by atoms with Gasteiger partial charge in [-0.3, -0.25) is 13.9 Å². The third-order valence-electron chi connectivity index (χ3n) is 6.95. The number of anilines is 1. The maximum absolute atomic E-state index is 14.4. The highest BCUT2D eigenvalue weighted by Gasteiger charge is 2.34. The number of carbonyl (C=O) groups is 2. The largest absolute Gasteiger partial charge is 0.354 e. The number of sulfonamides is 1. The van der Waals surface area contributed by atoms with Crippen LogP contribution in [-0.4, -0.2) is 44.3 Å². The van der Waals surface area contributed by atoms with Gasteiger partial charge in [0.1, 0.15) is 18.4 Å². The third kappa shape index (κ3) is 8.88. The summed E-state index contributed by atoms with van der Waals surface area (Å²) in [4.78, 5) is 29.6. The molecule has 0 aliphatic carbocycles. The summed E-state index contributed by atoms with van der Waals surface area (Å²) in [5, 5.41) is 2.95. The Bertz CT molecular complexity index is 1640. The first kappa shape index (κ1) is 33.1. The Hall–Kier alpha value is -3.77. The van der Waals surface area contributed by atoms with Crippen molar-refractivity contribution in [3.05, 3.63) is 130 Å². The van der Waals surface area contributed by atoms with Crippen LogP contribution in [0.2, 0.25) is 0 Å². The van der Waals surface area contributed by atoms with Crippen LogP contribution in [0, 0.1) is 15.3 Å². The number of carbonyl (C=O) groups excluding carboxylic acids is 2. The van der Waals surface area contributed by atoms with E-state index in [1.165, 1.54) is 29.2 Å². The van der Waals surface area contributed by atoms with E-state index >= 15 is 0 Å². The van der Waals surface area contributed by atoms with Crippen molar-refractivity contribution in [3.8, 4) is 0 Å². The Kier molecular flexibility index (Phi) is 11.5. The molecule has 4 aromatic carbocycles. The van der Waals surface area contributed by atoms with Gasteiger partial charge in [-0.15, -0.1) is 0 Å². The standard InChI is InChI=1S/C34H35FIN3O4S/c1-25(2)22-37-34(41)32(21-26-9-5-3-6-10-26)38(23-27-13-15-28(35)16-14-27)33(40)24-39(30-19-17-29(36)18-20-30)44(42,43)31-11-7-4-8-12-31/h3-20,25,32H,21-24H2,1-2H3,(H,37,41)/t32-/m0/s1. The fourth-order valence-corrected chi connectivity index (χ4v) is 6.41. The summed E-state index contributed by atoms with van der Waals surface area (Å²) < 4.78 is 43.7. The number of amides is 2. The zero-order chi connectivity index (χ0) is 31.7. The van der Waals surface area contributed by atoms with Gasteiger partial charge in [-0.05, 0) is 88.2 Å². The van der Waals surface area contributed by atoms with Gasteiger partial charge in [0.15, 0.2) is 0 Å². The van der Waals surface area contributed by atoms with Crippen LogP contribution in [0.1, 0.15) is 25.0 Å². The number of hydrogen-bond donors (Lipinski definition) is 1. The van der Waals surface area contributed by atoms with E-state index in [9.17, 15) is 22.4 Å². The molecule has 1 N–H and O–H groups in total. The van der Waals surface area contributed by atoms with Gasteiger partial charge in [0.25, 0.3) is 10.0 Å². The Morgan fingerprint density at radius 3 is 2.00 bits per heavy atom. The molecular formula is C34H35FIN3O4S. The summed E-state index contributed by atoms with van der Waals surface area (Å²) >= 11 is 2.13. The summed E-state index contributed by atoms with van der Waals surface area (Å²) in [5.74, 6) is -1.19. The normalized spacial score (nSPS) is 12.0. The molecular weight excluding hydrogens is 692 g/mol. The van der Waals surface area contributed by atoms with Crippen LogP contribution in [0.3, 0.4) is 0 Å². The molecule has 44 heavy (non-hydrogen) atoms. The molecule has 0 saturated heterocycles. The molecule has 10 heteroatoms. The van der Waals surface area contributed by atoms with Crippen molar-refractivity contribution < 1.29 is 22.4 Å². The minimum absolute atomic E-state index is 0.0301. The summed E-state index contributed by atoms with van der Waals surface area (Å²) in [6.45, 7) is 3.77. The Morgan fingerprint density at radius 1 is 0.818 bits per heavy atom. The first-order chi connectivity index (χ1) is 21.0. The number of hydrogen-bond acceptors (Lipinski definition) is 4. The zero-order valence-corrected chi connectivity index (χ0v) is 27.5. The molecule has 0 saturated carbocycles. The lowest BCUT2D eigenvalue weighted by atomic mass is 10.0. The Morgan fingerprint density at radius 2 is 1.41 bits per heavy atom. The molecule has 1 atom stereocenters. The van der Waals surface area contributed by atoms with E-state index in [1.54, 1.807) is 54.6 Å². The topological polar surface area (TPSA) is 86.8 Å². The summed E-state index contributed by atoms with van der Waals surface area (Å²) in [6.07, 6.45) is 0.201. The Balaban J connectivity index is 1.78. The van der Waals surface area contributed by atoms with Gasteiger partial charge in [-0.2, -0.15) is 0 Å². The fourth-order valence-electron chi connectivity index (χ4n) is 4.62. The molecule has 4 rings (SSSR count). The molecule has 0 bridgehead atoms. The van der Waals surface area contributed by atoms with Gasteiger partial charge in [-0.25, -0.2) is 12.8 Å². The van der Waals surface area contributed by atoms with Gasteiger partial charge in [0.2, 0.25) is 11.8 Å². The highest BCUT2D eigenvalue weighted by molar-refractivity contribution is 14.1. The lowest BCUT2D eigenvalue weighted by molar-refractivity contribution is -0.140. The molecule has 0 aliphatic heterocycles. The van der Waals surface area contributed by atoms with E-state index in [4.69, 9.17) is 0 Å². The second kappa shape index (κ2) is 15.3. The number of nitrogens with one attached hydrogen (secondary N) is 1. The van der Waals surface area contributed by atoms with E-state index in [2.05, 4.69) is 27.9 Å². The molecule has 0 heterocycles. The minimum Gasteiger partial charge on any atom is -0.354 e. The first-order valence-electron chi connectivity index (χ1n) is 14.2. The maximum atomic E-state index is 14.4. The fraction of sp³-hybridized carbons (Fsp3) is 0.235. The van der Waals surface area contributed by atoms with Gasteiger partial charge in [0, 0.05) is 23.1 Å². The van der Waals surface area contributed by atoms with E-state index in [0.717, 1.165) is 13.4 Å². The van der Waals surface area contributed by atoms with E-state index < -0.39 is 34.3 Å². The van der Waals surface area contributed by atoms with Crippen molar-refractivity contribution in [2.24, 2.45) is 5.92 Å². The molecule has 0 aliphatic rings. The zero-order valence-electron chi connectivity index (χ0n) is 24.6. The molecule has 2 amide bonds. The summed E-state index contributed by atoms with van der Waals surface area (Å²) in [5.41, 5.74) is 1.75. The second-order valence-corrected chi connectivity index (χ2v) is 13.9. The van der Waals surface area contributed by atoms with Crippen LogP contribution in [0.15, 0.2) is 114 Å². The summed E-state index contributed by atoms with van der Waals surface area (Å²) in [6, 6.07) is 28.8. The highest BCUT2D eigenvalue weighted by Crippen LogP contribution is 2.26. The molecule has 0 radical (unpaired) electrons. The van der Waals surface area contributed by atoms with Crippen LogP contribution in [0.5, 0.6) is 0 Å². The van der Waals surface area contributed by atoms with Crippen LogP contribution >= 0.6 is 22.6 Å². The summed E-state index contributed by atoms with van der Waals surface area (Å²) in [7, 11) is -4.17. The van der Waals surface area contributed by atoms with Crippen molar-refractivity contribution in [1.29, 1.82) is 0 Å². The smallest absolute Gasteiger partial charge is 0.264 e. The predicted molar refractivity (Wildman–Crippen MR) is 179 cm³/mol. The number of rotatable bonds is 13. The SMILES string of the molecule is CC(C)CNC(=O)[C@H](Cc1ccccc1)N(Cc1ccc(F)cc1)C(=O)CN(c1ccc(I)cc1)S(=O)(=O)c1ccccc1. The lowest BCUT2D eigenvalue weighted by Crippen LogP contribution is -2.53. The average molecular weight is 728 g/mol. The third-order valence-corrected chi connectivity index (χ3v) is 9.45. The predicted octanol–water partition coefficient (Wildman–Crippen LogP) is 6.04. The van der Waals surface area contributed by atoms with Crippen molar-refractivity contribution in [2.75, 3.05) is 17.4 Å². The molecule has 230 valence electrons. The van der Waals surface area contributed by atoms with Crippen LogP contribution < -0.4 is 9.62 Å². The highest BCUT2D eigenvalue weighted by atomic mass is 127. The lowest BCUT2D eigenvalue weighted by Gasteiger charge is -2.34. The number of benzene rings is 4.